The van der Waals surface area contributed by atoms with E-state index in [4.69, 9.17) is 10.3 Å². The minimum atomic E-state index is 0.482. The Balaban J connectivity index is 2.10. The molecule has 3 nitrogen and oxygen atoms in total. The molecule has 0 radical (unpaired) electrons. The summed E-state index contributed by atoms with van der Waals surface area (Å²) in [6, 6.07) is 6.49. The topological polar surface area (TPSA) is 52.0 Å². The van der Waals surface area contributed by atoms with E-state index < -0.39 is 0 Å². The van der Waals surface area contributed by atoms with E-state index in [1.807, 2.05) is 6.92 Å². The number of nitrogens with zero attached hydrogens (tertiary/aromatic N) is 1. The molecule has 0 unspecified atom stereocenters. The molecule has 1 aromatic heterocycles. The van der Waals surface area contributed by atoms with Gasteiger partial charge in [0, 0.05) is 11.1 Å². The average Bonchev–Trinajstić information content (AvgIpc) is 2.86. The van der Waals surface area contributed by atoms with Crippen LogP contribution in [0.25, 0.3) is 11.3 Å². The largest absolute Gasteiger partial charge is 0.381 e. The van der Waals surface area contributed by atoms with Crippen LogP contribution in [0.4, 0.5) is 5.82 Å². The highest BCUT2D eigenvalue weighted by Crippen LogP contribution is 2.31. The molecule has 1 aromatic carbocycles. The van der Waals surface area contributed by atoms with Gasteiger partial charge in [-0.1, -0.05) is 17.3 Å². The Kier molecular flexibility index (Phi) is 1.99. The van der Waals surface area contributed by atoms with Crippen molar-refractivity contribution in [1.82, 2.24) is 5.16 Å². The van der Waals surface area contributed by atoms with E-state index in [0.29, 0.717) is 5.82 Å². The smallest absolute Gasteiger partial charge is 0.171 e. The zero-order valence-corrected chi connectivity index (χ0v) is 9.29. The Morgan fingerprint density at radius 3 is 2.81 bits per heavy atom. The van der Waals surface area contributed by atoms with Gasteiger partial charge in [-0.25, -0.2) is 0 Å². The van der Waals surface area contributed by atoms with Crippen LogP contribution in [0.2, 0.25) is 0 Å². The number of benzene rings is 1. The molecule has 1 aliphatic carbocycles. The minimum absolute atomic E-state index is 0.482. The second-order valence-corrected chi connectivity index (χ2v) is 4.36. The predicted octanol–water partition coefficient (Wildman–Crippen LogP) is 2.72. The summed E-state index contributed by atoms with van der Waals surface area (Å²) in [7, 11) is 0. The Hall–Kier alpha value is -1.77. The van der Waals surface area contributed by atoms with E-state index in [1.165, 1.54) is 30.4 Å². The van der Waals surface area contributed by atoms with Crippen molar-refractivity contribution in [3.05, 3.63) is 34.9 Å². The third-order valence-electron chi connectivity index (χ3n) is 3.32. The lowest BCUT2D eigenvalue weighted by atomic mass is 10.0. The number of aryl methyl sites for hydroxylation is 2. The first-order valence-corrected chi connectivity index (χ1v) is 5.59. The Morgan fingerprint density at radius 2 is 2.06 bits per heavy atom. The van der Waals surface area contributed by atoms with E-state index in [-0.39, 0.29) is 0 Å². The first-order chi connectivity index (χ1) is 7.75. The highest BCUT2D eigenvalue weighted by atomic mass is 16.5. The summed E-state index contributed by atoms with van der Waals surface area (Å²) in [5.74, 6) is 1.28. The highest BCUT2D eigenvalue weighted by Gasteiger charge is 2.15. The molecule has 0 atom stereocenters. The lowest BCUT2D eigenvalue weighted by Crippen LogP contribution is -1.87. The van der Waals surface area contributed by atoms with Crippen molar-refractivity contribution >= 4 is 5.82 Å². The molecule has 0 bridgehead atoms. The van der Waals surface area contributed by atoms with Gasteiger partial charge in [-0.05, 0) is 43.4 Å². The van der Waals surface area contributed by atoms with E-state index in [9.17, 15) is 0 Å². The summed E-state index contributed by atoms with van der Waals surface area (Å²) in [6.07, 6.45) is 3.63. The summed E-state index contributed by atoms with van der Waals surface area (Å²) in [6.45, 7) is 1.94. The molecule has 0 spiro atoms. The fourth-order valence-corrected chi connectivity index (χ4v) is 2.33. The molecule has 0 aliphatic heterocycles. The lowest BCUT2D eigenvalue weighted by molar-refractivity contribution is 0.435. The summed E-state index contributed by atoms with van der Waals surface area (Å²) >= 11 is 0. The van der Waals surface area contributed by atoms with Crippen LogP contribution in [0.1, 0.15) is 23.1 Å². The van der Waals surface area contributed by atoms with Gasteiger partial charge in [-0.3, -0.25) is 0 Å². The summed E-state index contributed by atoms with van der Waals surface area (Å²) < 4.78 is 5.27. The van der Waals surface area contributed by atoms with Crippen LogP contribution in [0.3, 0.4) is 0 Å². The highest BCUT2D eigenvalue weighted by molar-refractivity contribution is 5.67. The third-order valence-corrected chi connectivity index (χ3v) is 3.32. The summed E-state index contributed by atoms with van der Waals surface area (Å²) in [5.41, 5.74) is 10.6. The maximum Gasteiger partial charge on any atom is 0.171 e. The molecule has 0 amide bonds. The molecule has 1 aliphatic rings. The molecule has 0 fully saturated rings. The van der Waals surface area contributed by atoms with Crippen LogP contribution < -0.4 is 5.73 Å². The van der Waals surface area contributed by atoms with E-state index in [0.717, 1.165) is 16.9 Å². The van der Waals surface area contributed by atoms with E-state index >= 15 is 0 Å². The lowest BCUT2D eigenvalue weighted by Gasteiger charge is -2.02. The zero-order valence-electron chi connectivity index (χ0n) is 9.29. The van der Waals surface area contributed by atoms with Gasteiger partial charge >= 0.3 is 0 Å². The number of aromatic nitrogens is 1. The van der Waals surface area contributed by atoms with Crippen molar-refractivity contribution in [1.29, 1.82) is 0 Å². The molecule has 82 valence electrons. The van der Waals surface area contributed by atoms with Crippen LogP contribution in [0.15, 0.2) is 22.7 Å². The van der Waals surface area contributed by atoms with Crippen molar-refractivity contribution in [3.63, 3.8) is 0 Å². The maximum absolute atomic E-state index is 5.69. The maximum atomic E-state index is 5.69. The zero-order chi connectivity index (χ0) is 11.1. The van der Waals surface area contributed by atoms with Crippen LogP contribution in [-0.4, -0.2) is 5.16 Å². The number of fused-ring (bicyclic) bond motifs is 1. The first-order valence-electron chi connectivity index (χ1n) is 5.59. The van der Waals surface area contributed by atoms with Gasteiger partial charge in [0.15, 0.2) is 11.6 Å². The van der Waals surface area contributed by atoms with Crippen LogP contribution >= 0.6 is 0 Å². The molecule has 3 rings (SSSR count). The number of nitrogens with two attached hydrogens (primary N) is 1. The van der Waals surface area contributed by atoms with Crippen LogP contribution in [0.5, 0.6) is 0 Å². The fraction of sp³-hybridized carbons (Fsp3) is 0.308. The number of nitrogen functional groups attached to an aromatic ring is 1. The van der Waals surface area contributed by atoms with Gasteiger partial charge in [0.05, 0.1) is 0 Å². The van der Waals surface area contributed by atoms with Crippen LogP contribution in [0, 0.1) is 6.92 Å². The molecular formula is C13H14N2O. The molecule has 2 N–H and O–H groups in total. The molecule has 0 saturated carbocycles. The fourth-order valence-electron chi connectivity index (χ4n) is 2.33. The van der Waals surface area contributed by atoms with Gasteiger partial charge in [0.1, 0.15) is 0 Å². The standard InChI is InChI=1S/C13H14N2O/c1-8-12(16-15-13(8)14)11-6-5-9-3-2-4-10(9)7-11/h5-7H,2-4H2,1H3,(H2,14,15). The summed E-state index contributed by atoms with van der Waals surface area (Å²) in [4.78, 5) is 0. The second kappa shape index (κ2) is 3.37. The van der Waals surface area contributed by atoms with Gasteiger partial charge in [0.2, 0.25) is 0 Å². The van der Waals surface area contributed by atoms with Crippen LogP contribution in [-0.2, 0) is 12.8 Å². The number of rotatable bonds is 1. The predicted molar refractivity (Wildman–Crippen MR) is 63.1 cm³/mol. The monoisotopic (exact) mass is 214 g/mol. The molecular weight excluding hydrogens is 200 g/mol. The van der Waals surface area contributed by atoms with Gasteiger partial charge in [-0.2, -0.15) is 0 Å². The molecule has 3 heteroatoms. The molecule has 0 saturated heterocycles. The van der Waals surface area contributed by atoms with Crippen molar-refractivity contribution < 1.29 is 4.52 Å². The van der Waals surface area contributed by atoms with Crippen molar-refractivity contribution in [2.24, 2.45) is 0 Å². The minimum Gasteiger partial charge on any atom is -0.381 e. The molecule has 16 heavy (non-hydrogen) atoms. The van der Waals surface area contributed by atoms with Crippen molar-refractivity contribution in [2.75, 3.05) is 5.73 Å². The quantitative estimate of drug-likeness (QED) is 0.794. The Bertz CT molecular complexity index is 543. The van der Waals surface area contributed by atoms with Gasteiger partial charge in [0.25, 0.3) is 0 Å². The van der Waals surface area contributed by atoms with Crippen molar-refractivity contribution in [2.45, 2.75) is 26.2 Å². The van der Waals surface area contributed by atoms with E-state index in [2.05, 4.69) is 23.4 Å². The van der Waals surface area contributed by atoms with Gasteiger partial charge in [-0.15, -0.1) is 0 Å². The SMILES string of the molecule is Cc1c(N)noc1-c1ccc2c(c1)CCC2. The third kappa shape index (κ3) is 1.32. The number of hydrogen-bond donors (Lipinski definition) is 1. The first kappa shape index (κ1) is 9.46. The number of anilines is 1. The van der Waals surface area contributed by atoms with E-state index in [1.54, 1.807) is 0 Å². The average molecular weight is 214 g/mol. The second-order valence-electron chi connectivity index (χ2n) is 4.36. The Morgan fingerprint density at radius 1 is 1.25 bits per heavy atom. The van der Waals surface area contributed by atoms with Gasteiger partial charge < -0.3 is 10.3 Å². The summed E-state index contributed by atoms with van der Waals surface area (Å²) in [5, 5.41) is 3.79. The normalized spacial score (nSPS) is 14.1. The molecule has 1 heterocycles. The Labute approximate surface area is 94.2 Å². The molecule has 2 aromatic rings. The van der Waals surface area contributed by atoms with Crippen molar-refractivity contribution in [3.8, 4) is 11.3 Å². The number of hydrogen-bond acceptors (Lipinski definition) is 3.